The van der Waals surface area contributed by atoms with Gasteiger partial charge in [-0.3, -0.25) is 0 Å². The van der Waals surface area contributed by atoms with Crippen LogP contribution in [0.15, 0.2) is 12.0 Å². The predicted octanol–water partition coefficient (Wildman–Crippen LogP) is 0.162. The molecule has 0 aromatic rings. The third-order valence-electron chi connectivity index (χ3n) is 1.16. The Morgan fingerprint density at radius 2 is 2.22 bits per heavy atom. The summed E-state index contributed by atoms with van der Waals surface area (Å²) < 4.78 is 19.7. The molecule has 2 heterocycles. The van der Waals surface area contributed by atoms with Gasteiger partial charge in [0.05, 0.1) is 0 Å². The molecule has 2 aliphatic heterocycles. The van der Waals surface area contributed by atoms with E-state index in [1.165, 1.54) is 6.26 Å². The topological polar surface area (TPSA) is 36.9 Å². The van der Waals surface area contributed by atoms with Crippen molar-refractivity contribution in [1.82, 2.24) is 0 Å². The molecule has 0 N–H and O–H groups in total. The Morgan fingerprint density at radius 1 is 1.33 bits per heavy atom. The van der Waals surface area contributed by atoms with Crippen molar-refractivity contribution in [3.63, 3.8) is 0 Å². The van der Waals surface area contributed by atoms with Crippen molar-refractivity contribution in [1.29, 1.82) is 0 Å². The van der Waals surface area contributed by atoms with E-state index in [0.717, 1.165) is 0 Å². The SMILES string of the molecule is C1=C2OCOC2OCO1. The van der Waals surface area contributed by atoms with E-state index in [4.69, 9.17) is 18.9 Å². The summed E-state index contributed by atoms with van der Waals surface area (Å²) in [5.41, 5.74) is 0. The summed E-state index contributed by atoms with van der Waals surface area (Å²) >= 11 is 0. The molecule has 9 heavy (non-hydrogen) atoms. The van der Waals surface area contributed by atoms with E-state index in [9.17, 15) is 0 Å². The second-order valence-corrected chi connectivity index (χ2v) is 1.73. The fourth-order valence-electron chi connectivity index (χ4n) is 0.751. The van der Waals surface area contributed by atoms with Crippen LogP contribution in [-0.4, -0.2) is 19.9 Å². The van der Waals surface area contributed by atoms with Gasteiger partial charge in [0.2, 0.25) is 6.29 Å². The minimum absolute atomic E-state index is 0.248. The van der Waals surface area contributed by atoms with Crippen LogP contribution in [0.25, 0.3) is 0 Å². The normalized spacial score (nSPS) is 32.0. The zero-order valence-corrected chi connectivity index (χ0v) is 4.70. The Bertz CT molecular complexity index is 142. The highest BCUT2D eigenvalue weighted by atomic mass is 16.8. The van der Waals surface area contributed by atoms with E-state index in [2.05, 4.69) is 0 Å². The van der Waals surface area contributed by atoms with Gasteiger partial charge in [-0.1, -0.05) is 0 Å². The first-order valence-corrected chi connectivity index (χ1v) is 2.64. The zero-order valence-electron chi connectivity index (χ0n) is 4.70. The quantitative estimate of drug-likeness (QED) is 0.468. The maximum absolute atomic E-state index is 4.96. The molecule has 1 fully saturated rings. The third kappa shape index (κ3) is 0.760. The second-order valence-electron chi connectivity index (χ2n) is 1.73. The van der Waals surface area contributed by atoms with Crippen molar-refractivity contribution >= 4 is 0 Å². The van der Waals surface area contributed by atoms with Crippen LogP contribution in [0.3, 0.4) is 0 Å². The lowest BCUT2D eigenvalue weighted by Crippen LogP contribution is -2.18. The van der Waals surface area contributed by atoms with Crippen LogP contribution in [0.5, 0.6) is 0 Å². The largest absolute Gasteiger partial charge is 0.471 e. The molecule has 1 unspecified atom stereocenters. The monoisotopic (exact) mass is 130 g/mol. The third-order valence-corrected chi connectivity index (χ3v) is 1.16. The van der Waals surface area contributed by atoms with Crippen molar-refractivity contribution in [2.75, 3.05) is 13.6 Å². The lowest BCUT2D eigenvalue weighted by Gasteiger charge is -2.14. The average molecular weight is 130 g/mol. The highest BCUT2D eigenvalue weighted by molar-refractivity contribution is 4.95. The van der Waals surface area contributed by atoms with Crippen LogP contribution in [0.4, 0.5) is 0 Å². The molecule has 2 rings (SSSR count). The molecular weight excluding hydrogens is 124 g/mol. The minimum atomic E-state index is -0.321. The smallest absolute Gasteiger partial charge is 0.226 e. The first-order valence-electron chi connectivity index (χ1n) is 2.64. The van der Waals surface area contributed by atoms with E-state index in [0.29, 0.717) is 5.76 Å². The Morgan fingerprint density at radius 3 is 3.11 bits per heavy atom. The molecule has 4 nitrogen and oxygen atoms in total. The summed E-state index contributed by atoms with van der Waals surface area (Å²) in [6.07, 6.45) is 1.19. The molecular formula is C5H6O4. The van der Waals surface area contributed by atoms with Gasteiger partial charge >= 0.3 is 0 Å². The van der Waals surface area contributed by atoms with Gasteiger partial charge in [-0.2, -0.15) is 0 Å². The summed E-state index contributed by atoms with van der Waals surface area (Å²) in [6, 6.07) is 0. The summed E-state index contributed by atoms with van der Waals surface area (Å²) in [6.45, 7) is 0.511. The zero-order chi connectivity index (χ0) is 6.10. The van der Waals surface area contributed by atoms with Crippen molar-refractivity contribution < 1.29 is 18.9 Å². The van der Waals surface area contributed by atoms with Gasteiger partial charge in [0.25, 0.3) is 0 Å². The Hall–Kier alpha value is -0.740. The molecule has 0 spiro atoms. The van der Waals surface area contributed by atoms with Gasteiger partial charge in [0.1, 0.15) is 6.26 Å². The number of ether oxygens (including phenoxy) is 4. The van der Waals surface area contributed by atoms with E-state index in [1.807, 2.05) is 0 Å². The molecule has 0 aliphatic carbocycles. The van der Waals surface area contributed by atoms with Crippen molar-refractivity contribution in [3.8, 4) is 0 Å². The van der Waals surface area contributed by atoms with Gasteiger partial charge in [-0.25, -0.2) is 0 Å². The molecule has 0 amide bonds. The lowest BCUT2D eigenvalue weighted by atomic mass is 10.5. The van der Waals surface area contributed by atoms with Gasteiger partial charge in [-0.15, -0.1) is 0 Å². The van der Waals surface area contributed by atoms with Crippen molar-refractivity contribution in [2.45, 2.75) is 6.29 Å². The van der Waals surface area contributed by atoms with Gasteiger partial charge in [0.15, 0.2) is 19.3 Å². The summed E-state index contributed by atoms with van der Waals surface area (Å²) in [4.78, 5) is 0. The van der Waals surface area contributed by atoms with E-state index in [1.54, 1.807) is 0 Å². The number of hydrogen-bond acceptors (Lipinski definition) is 4. The predicted molar refractivity (Wildman–Crippen MR) is 25.9 cm³/mol. The van der Waals surface area contributed by atoms with E-state index in [-0.39, 0.29) is 19.9 Å². The summed E-state index contributed by atoms with van der Waals surface area (Å²) in [5, 5.41) is 0. The molecule has 1 saturated heterocycles. The molecule has 50 valence electrons. The number of rotatable bonds is 0. The van der Waals surface area contributed by atoms with Crippen molar-refractivity contribution in [3.05, 3.63) is 12.0 Å². The maximum atomic E-state index is 4.96. The molecule has 4 heteroatoms. The highest BCUT2D eigenvalue weighted by Crippen LogP contribution is 2.20. The number of fused-ring (bicyclic) bond motifs is 1. The minimum Gasteiger partial charge on any atom is -0.471 e. The fraction of sp³-hybridized carbons (Fsp3) is 0.600. The van der Waals surface area contributed by atoms with Gasteiger partial charge in [0, 0.05) is 0 Å². The molecule has 0 aromatic heterocycles. The standard InChI is InChI=1S/C5H6O4/c1-4-5(8-2-6-1)9-3-7-4/h1,5H,2-3H2. The molecule has 0 radical (unpaired) electrons. The molecule has 0 bridgehead atoms. The maximum Gasteiger partial charge on any atom is 0.226 e. The average Bonchev–Trinajstić information content (AvgIpc) is 2.33. The lowest BCUT2D eigenvalue weighted by molar-refractivity contribution is -0.159. The molecule has 0 aromatic carbocycles. The van der Waals surface area contributed by atoms with E-state index >= 15 is 0 Å². The fourth-order valence-corrected chi connectivity index (χ4v) is 0.751. The van der Waals surface area contributed by atoms with Crippen molar-refractivity contribution in [2.24, 2.45) is 0 Å². The first kappa shape index (κ1) is 5.08. The highest BCUT2D eigenvalue weighted by Gasteiger charge is 2.27. The summed E-state index contributed by atoms with van der Waals surface area (Å²) in [7, 11) is 0. The van der Waals surface area contributed by atoms with Gasteiger partial charge < -0.3 is 18.9 Å². The Kier molecular flexibility index (Phi) is 1.07. The molecule has 1 atom stereocenters. The summed E-state index contributed by atoms with van der Waals surface area (Å²) in [5.74, 6) is 0.626. The first-order chi connectivity index (χ1) is 4.47. The van der Waals surface area contributed by atoms with Crippen LogP contribution >= 0.6 is 0 Å². The van der Waals surface area contributed by atoms with Crippen LogP contribution in [0.2, 0.25) is 0 Å². The Labute approximate surface area is 52.0 Å². The number of hydrogen-bond donors (Lipinski definition) is 0. The van der Waals surface area contributed by atoms with Crippen LogP contribution in [0, 0.1) is 0 Å². The van der Waals surface area contributed by atoms with Crippen LogP contribution in [0.1, 0.15) is 0 Å². The molecule has 0 saturated carbocycles. The van der Waals surface area contributed by atoms with E-state index < -0.39 is 0 Å². The van der Waals surface area contributed by atoms with Crippen LogP contribution < -0.4 is 0 Å². The Balaban J connectivity index is 2.16. The molecule has 2 aliphatic rings. The van der Waals surface area contributed by atoms with Gasteiger partial charge in [-0.05, 0) is 0 Å². The second kappa shape index (κ2) is 1.89. The van der Waals surface area contributed by atoms with Crippen LogP contribution in [-0.2, 0) is 18.9 Å².